The maximum Gasteiger partial charge on any atom is 0.348 e. The lowest BCUT2D eigenvalue weighted by atomic mass is 10.1. The van der Waals surface area contributed by atoms with Gasteiger partial charge in [-0.05, 0) is 31.0 Å². The van der Waals surface area contributed by atoms with Gasteiger partial charge in [0.1, 0.15) is 21.7 Å². The largest absolute Gasteiger partial charge is 0.481 e. The number of rotatable bonds is 6. The van der Waals surface area contributed by atoms with Crippen molar-refractivity contribution in [3.8, 4) is 11.8 Å². The van der Waals surface area contributed by atoms with Crippen LogP contribution >= 0.6 is 11.3 Å². The quantitative estimate of drug-likeness (QED) is 0.798. The molecule has 0 fully saturated rings. The minimum absolute atomic E-state index is 0.258. The summed E-state index contributed by atoms with van der Waals surface area (Å²) in [6, 6.07) is 11.0. The summed E-state index contributed by atoms with van der Waals surface area (Å²) >= 11 is 1.02. The fourth-order valence-electron chi connectivity index (χ4n) is 2.20. The van der Waals surface area contributed by atoms with E-state index >= 15 is 0 Å². The Balaban J connectivity index is 2.21. The molecule has 0 aliphatic rings. The van der Waals surface area contributed by atoms with Crippen LogP contribution in [0.3, 0.4) is 0 Å². The van der Waals surface area contributed by atoms with Crippen molar-refractivity contribution >= 4 is 28.2 Å². The lowest BCUT2D eigenvalue weighted by molar-refractivity contribution is -0.122. The molecule has 0 radical (unpaired) electrons. The van der Waals surface area contributed by atoms with Gasteiger partial charge in [-0.15, -0.1) is 11.3 Å². The summed E-state index contributed by atoms with van der Waals surface area (Å²) in [5.41, 5.74) is 0.750. The summed E-state index contributed by atoms with van der Waals surface area (Å²) in [7, 11) is 1.27. The summed E-state index contributed by atoms with van der Waals surface area (Å²) in [6.45, 7) is 3.48. The van der Waals surface area contributed by atoms with Crippen LogP contribution in [-0.4, -0.2) is 25.1 Å². The molecule has 6 nitrogen and oxygen atoms in total. The summed E-state index contributed by atoms with van der Waals surface area (Å²) in [4.78, 5) is 24.6. The Bertz CT molecular complexity index is 808. The van der Waals surface area contributed by atoms with Crippen molar-refractivity contribution in [1.29, 1.82) is 5.26 Å². The van der Waals surface area contributed by atoms with Crippen LogP contribution in [0.1, 0.15) is 34.1 Å². The molecule has 0 saturated heterocycles. The van der Waals surface area contributed by atoms with Crippen LogP contribution in [0.5, 0.6) is 5.75 Å². The normalized spacial score (nSPS) is 11.3. The van der Waals surface area contributed by atoms with Gasteiger partial charge in [0.2, 0.25) is 0 Å². The Labute approximate surface area is 150 Å². The zero-order chi connectivity index (χ0) is 18.4. The molecule has 7 heteroatoms. The van der Waals surface area contributed by atoms with Crippen LogP contribution in [0.2, 0.25) is 0 Å². The number of ether oxygens (including phenoxy) is 2. The van der Waals surface area contributed by atoms with E-state index in [1.807, 2.05) is 31.2 Å². The van der Waals surface area contributed by atoms with Crippen molar-refractivity contribution in [3.63, 3.8) is 0 Å². The molecular weight excluding hydrogens is 340 g/mol. The number of esters is 1. The van der Waals surface area contributed by atoms with Gasteiger partial charge >= 0.3 is 5.97 Å². The second-order valence-electron chi connectivity index (χ2n) is 5.18. The molecule has 0 spiro atoms. The number of methoxy groups -OCH3 is 1. The number of carbonyl (C=O) groups is 2. The first-order valence-corrected chi connectivity index (χ1v) is 8.47. The maximum absolute atomic E-state index is 12.5. The Morgan fingerprint density at radius 3 is 2.56 bits per heavy atom. The van der Waals surface area contributed by atoms with Gasteiger partial charge in [0.05, 0.1) is 12.7 Å². The number of anilines is 1. The highest BCUT2D eigenvalue weighted by atomic mass is 32.1. The average molecular weight is 358 g/mol. The number of hydrogen-bond donors (Lipinski definition) is 1. The topological polar surface area (TPSA) is 88.4 Å². The number of amides is 1. The second-order valence-corrected chi connectivity index (χ2v) is 6.20. The number of hydrogen-bond acceptors (Lipinski definition) is 6. The van der Waals surface area contributed by atoms with Crippen LogP contribution < -0.4 is 10.1 Å². The van der Waals surface area contributed by atoms with E-state index in [2.05, 4.69) is 5.32 Å². The molecule has 0 saturated carbocycles. The highest BCUT2D eigenvalue weighted by molar-refractivity contribution is 7.18. The second kappa shape index (κ2) is 8.31. The SMILES string of the molecule is CCC(Oc1ccccc1)C(=O)Nc1sc(C(=O)OC)c(C)c1C#N. The van der Waals surface area contributed by atoms with Crippen LogP contribution in [-0.2, 0) is 9.53 Å². The zero-order valence-corrected chi connectivity index (χ0v) is 15.0. The van der Waals surface area contributed by atoms with E-state index in [1.54, 1.807) is 19.1 Å². The molecule has 1 aromatic carbocycles. The van der Waals surface area contributed by atoms with Crippen molar-refractivity contribution in [3.05, 3.63) is 46.3 Å². The van der Waals surface area contributed by atoms with E-state index in [0.29, 0.717) is 27.6 Å². The van der Waals surface area contributed by atoms with Gasteiger partial charge < -0.3 is 14.8 Å². The molecule has 25 heavy (non-hydrogen) atoms. The Morgan fingerprint density at radius 1 is 1.32 bits per heavy atom. The Hall–Kier alpha value is -2.85. The van der Waals surface area contributed by atoms with Gasteiger partial charge in [-0.2, -0.15) is 5.26 Å². The number of nitrogens with zero attached hydrogens (tertiary/aromatic N) is 1. The smallest absolute Gasteiger partial charge is 0.348 e. The summed E-state index contributed by atoms with van der Waals surface area (Å²) in [5.74, 6) is -0.324. The average Bonchev–Trinajstić information content (AvgIpc) is 2.94. The molecule has 1 atom stereocenters. The van der Waals surface area contributed by atoms with Crippen LogP contribution in [0, 0.1) is 18.3 Å². The molecule has 1 aromatic heterocycles. The first-order valence-electron chi connectivity index (χ1n) is 7.66. The summed E-state index contributed by atoms with van der Waals surface area (Å²) in [6.07, 6.45) is -0.255. The molecule has 0 bridgehead atoms. The monoisotopic (exact) mass is 358 g/mol. The predicted octanol–water partition coefficient (Wildman–Crippen LogP) is 3.51. The van der Waals surface area contributed by atoms with Gasteiger partial charge in [0, 0.05) is 0 Å². The van der Waals surface area contributed by atoms with E-state index in [4.69, 9.17) is 9.47 Å². The van der Waals surface area contributed by atoms with Crippen molar-refractivity contribution < 1.29 is 19.1 Å². The fourth-order valence-corrected chi connectivity index (χ4v) is 3.28. The molecule has 0 aliphatic carbocycles. The minimum atomic E-state index is -0.710. The molecule has 1 heterocycles. The van der Waals surface area contributed by atoms with Gasteiger partial charge in [0.15, 0.2) is 6.10 Å². The number of para-hydroxylation sites is 1. The van der Waals surface area contributed by atoms with Crippen molar-refractivity contribution in [2.75, 3.05) is 12.4 Å². The Kier molecular flexibility index (Phi) is 6.14. The van der Waals surface area contributed by atoms with Gasteiger partial charge in [-0.3, -0.25) is 4.79 Å². The van der Waals surface area contributed by atoms with Crippen molar-refractivity contribution in [2.45, 2.75) is 26.4 Å². The fraction of sp³-hybridized carbons (Fsp3) is 0.278. The van der Waals surface area contributed by atoms with E-state index in [0.717, 1.165) is 11.3 Å². The molecular formula is C18H18N2O4S. The maximum atomic E-state index is 12.5. The van der Waals surface area contributed by atoms with E-state index in [-0.39, 0.29) is 11.5 Å². The first-order chi connectivity index (χ1) is 12.0. The van der Waals surface area contributed by atoms with E-state index < -0.39 is 12.1 Å². The number of benzene rings is 1. The van der Waals surface area contributed by atoms with E-state index in [9.17, 15) is 14.9 Å². The molecule has 130 valence electrons. The van der Waals surface area contributed by atoms with Crippen LogP contribution in [0.25, 0.3) is 0 Å². The van der Waals surface area contributed by atoms with Crippen molar-refractivity contribution in [1.82, 2.24) is 0 Å². The third-order valence-electron chi connectivity index (χ3n) is 3.55. The Morgan fingerprint density at radius 2 is 2.00 bits per heavy atom. The van der Waals surface area contributed by atoms with Crippen LogP contribution in [0.4, 0.5) is 5.00 Å². The van der Waals surface area contributed by atoms with Gasteiger partial charge in [-0.1, -0.05) is 25.1 Å². The highest BCUT2D eigenvalue weighted by Crippen LogP contribution is 2.33. The van der Waals surface area contributed by atoms with Crippen molar-refractivity contribution in [2.24, 2.45) is 0 Å². The standard InChI is InChI=1S/C18H18N2O4S/c1-4-14(24-12-8-6-5-7-9-12)16(21)20-17-13(10-19)11(2)15(25-17)18(22)23-3/h5-9,14H,4H2,1-3H3,(H,20,21). The van der Waals surface area contributed by atoms with Gasteiger partial charge in [0.25, 0.3) is 5.91 Å². The third kappa shape index (κ3) is 4.17. The molecule has 0 aliphatic heterocycles. The number of nitriles is 1. The zero-order valence-electron chi connectivity index (χ0n) is 14.2. The van der Waals surface area contributed by atoms with E-state index in [1.165, 1.54) is 7.11 Å². The summed E-state index contributed by atoms with van der Waals surface area (Å²) in [5, 5.41) is 12.4. The number of thiophene rings is 1. The summed E-state index contributed by atoms with van der Waals surface area (Å²) < 4.78 is 10.4. The third-order valence-corrected chi connectivity index (χ3v) is 4.74. The molecule has 2 aromatic rings. The lowest BCUT2D eigenvalue weighted by Crippen LogP contribution is -2.32. The molecule has 1 unspecified atom stereocenters. The highest BCUT2D eigenvalue weighted by Gasteiger charge is 2.25. The predicted molar refractivity (Wildman–Crippen MR) is 94.9 cm³/mol. The lowest BCUT2D eigenvalue weighted by Gasteiger charge is -2.16. The first kappa shape index (κ1) is 18.5. The van der Waals surface area contributed by atoms with Crippen LogP contribution in [0.15, 0.2) is 30.3 Å². The molecule has 2 rings (SSSR count). The number of nitrogens with one attached hydrogen (secondary N) is 1. The molecule has 1 amide bonds. The molecule has 1 N–H and O–H groups in total. The number of carbonyl (C=O) groups excluding carboxylic acids is 2. The van der Waals surface area contributed by atoms with Gasteiger partial charge in [-0.25, -0.2) is 4.79 Å². The minimum Gasteiger partial charge on any atom is -0.481 e.